The van der Waals surface area contributed by atoms with Crippen LogP contribution in [0.4, 0.5) is 5.69 Å². The number of rotatable bonds is 9. The van der Waals surface area contributed by atoms with Crippen LogP contribution >= 0.6 is 35.1 Å². The Bertz CT molecular complexity index is 1010. The number of benzene rings is 2. The highest BCUT2D eigenvalue weighted by Gasteiger charge is 2.20. The summed E-state index contributed by atoms with van der Waals surface area (Å²) in [4.78, 5) is 13.5. The molecule has 0 spiro atoms. The minimum absolute atomic E-state index is 0.0888. The van der Waals surface area contributed by atoms with Gasteiger partial charge in [-0.05, 0) is 44.4 Å². The molecule has 6 nitrogen and oxygen atoms in total. The van der Waals surface area contributed by atoms with E-state index in [0.29, 0.717) is 28.3 Å². The van der Waals surface area contributed by atoms with E-state index >= 15 is 0 Å². The molecule has 158 valence electrons. The molecule has 0 aliphatic heterocycles. The van der Waals surface area contributed by atoms with Crippen LogP contribution in [0.15, 0.2) is 58.6 Å². The Morgan fingerprint density at radius 1 is 1.20 bits per heavy atom. The number of hydrogen-bond acceptors (Lipinski definition) is 6. The molecule has 3 rings (SSSR count). The quantitative estimate of drug-likeness (QED) is 0.421. The molecule has 1 amide bonds. The van der Waals surface area contributed by atoms with Gasteiger partial charge in [-0.25, -0.2) is 0 Å². The van der Waals surface area contributed by atoms with Crippen molar-refractivity contribution in [1.29, 1.82) is 0 Å². The highest BCUT2D eigenvalue weighted by molar-refractivity contribution is 7.99. The van der Waals surface area contributed by atoms with Crippen LogP contribution in [-0.2, 0) is 11.3 Å². The largest absolute Gasteiger partial charge is 0.481 e. The summed E-state index contributed by atoms with van der Waals surface area (Å²) in [5.41, 5.74) is 0.815. The van der Waals surface area contributed by atoms with Gasteiger partial charge in [-0.2, -0.15) is 0 Å². The second kappa shape index (κ2) is 10.7. The fourth-order valence-corrected chi connectivity index (χ4v) is 4.40. The average molecular weight is 463 g/mol. The zero-order valence-corrected chi connectivity index (χ0v) is 19.4. The van der Waals surface area contributed by atoms with E-state index in [1.165, 1.54) is 11.8 Å². The number of nitrogens with zero attached hydrogens (tertiary/aromatic N) is 3. The lowest BCUT2D eigenvalue weighted by molar-refractivity contribution is -0.113. The molecule has 30 heavy (non-hydrogen) atoms. The van der Waals surface area contributed by atoms with Crippen molar-refractivity contribution in [3.8, 4) is 5.75 Å². The number of halogens is 1. The predicted octanol–water partition coefficient (Wildman–Crippen LogP) is 5.54. The Morgan fingerprint density at radius 2 is 1.93 bits per heavy atom. The van der Waals surface area contributed by atoms with Crippen molar-refractivity contribution in [1.82, 2.24) is 14.8 Å². The minimum atomic E-state index is -0.339. The lowest BCUT2D eigenvalue weighted by Crippen LogP contribution is -2.16. The molecule has 1 heterocycles. The standard InChI is InChI=1S/C21H23ClN4O2S2/c1-4-26-20(14(2)28-17-11-7-5-9-15(17)22)24-25-21(26)30-13-19(27)23-16-10-6-8-12-18(16)29-3/h5-12,14H,4,13H2,1-3H3,(H,23,27). The summed E-state index contributed by atoms with van der Waals surface area (Å²) in [5.74, 6) is 1.43. The number of thioether (sulfide) groups is 2. The van der Waals surface area contributed by atoms with E-state index in [4.69, 9.17) is 16.3 Å². The summed E-state index contributed by atoms with van der Waals surface area (Å²) in [6.45, 7) is 4.58. The number of carbonyl (C=O) groups is 1. The smallest absolute Gasteiger partial charge is 0.234 e. The van der Waals surface area contributed by atoms with Crippen LogP contribution in [0.5, 0.6) is 5.75 Å². The van der Waals surface area contributed by atoms with Crippen LogP contribution in [0.1, 0.15) is 25.8 Å². The Balaban J connectivity index is 1.65. The van der Waals surface area contributed by atoms with E-state index in [9.17, 15) is 4.79 Å². The van der Waals surface area contributed by atoms with E-state index in [-0.39, 0.29) is 17.8 Å². The maximum Gasteiger partial charge on any atom is 0.234 e. The first kappa shape index (κ1) is 22.5. The molecule has 1 unspecified atom stereocenters. The first-order valence-corrected chi connectivity index (χ1v) is 12.0. The van der Waals surface area contributed by atoms with Gasteiger partial charge in [0.2, 0.25) is 5.91 Å². The number of aromatic nitrogens is 3. The Morgan fingerprint density at radius 3 is 2.67 bits per heavy atom. The van der Waals surface area contributed by atoms with Gasteiger partial charge in [0.25, 0.3) is 0 Å². The van der Waals surface area contributed by atoms with Gasteiger partial charge < -0.3 is 14.6 Å². The summed E-state index contributed by atoms with van der Waals surface area (Å²) in [6, 6.07) is 15.1. The van der Waals surface area contributed by atoms with Crippen LogP contribution in [-0.4, -0.2) is 32.7 Å². The Labute approximate surface area is 189 Å². The second-order valence-electron chi connectivity index (χ2n) is 6.31. The highest BCUT2D eigenvalue weighted by atomic mass is 35.5. The topological polar surface area (TPSA) is 69.0 Å². The molecular formula is C21H23ClN4O2S2. The van der Waals surface area contributed by atoms with Gasteiger partial charge in [0.05, 0.1) is 16.5 Å². The SMILES string of the molecule is CCn1c(SCC(=O)Nc2ccccc2SC)nnc1C(C)Oc1ccccc1Cl. The maximum absolute atomic E-state index is 12.4. The zero-order chi connectivity index (χ0) is 21.5. The molecule has 9 heteroatoms. The van der Waals surface area contributed by atoms with Crippen LogP contribution in [0.25, 0.3) is 0 Å². The summed E-state index contributed by atoms with van der Waals surface area (Å²) < 4.78 is 7.92. The molecule has 0 fully saturated rings. The van der Waals surface area contributed by atoms with Crippen molar-refractivity contribution < 1.29 is 9.53 Å². The van der Waals surface area contributed by atoms with Crippen molar-refractivity contribution in [3.63, 3.8) is 0 Å². The van der Waals surface area contributed by atoms with Crippen molar-refractivity contribution in [2.45, 2.75) is 36.5 Å². The lowest BCUT2D eigenvalue weighted by atomic mass is 10.3. The number of amides is 1. The summed E-state index contributed by atoms with van der Waals surface area (Å²) >= 11 is 9.13. The third kappa shape index (κ3) is 5.50. The third-order valence-corrected chi connectivity index (χ3v) is 6.35. The van der Waals surface area contributed by atoms with E-state index in [0.717, 1.165) is 10.6 Å². The molecule has 0 bridgehead atoms. The lowest BCUT2D eigenvalue weighted by Gasteiger charge is -2.16. The van der Waals surface area contributed by atoms with Crippen LogP contribution in [0.3, 0.4) is 0 Å². The Kier molecular flexibility index (Phi) is 8.07. The van der Waals surface area contributed by atoms with Gasteiger partial charge in [-0.3, -0.25) is 4.79 Å². The zero-order valence-electron chi connectivity index (χ0n) is 17.0. The van der Waals surface area contributed by atoms with Gasteiger partial charge in [-0.15, -0.1) is 22.0 Å². The van der Waals surface area contributed by atoms with Crippen LogP contribution < -0.4 is 10.1 Å². The number of carbonyl (C=O) groups excluding carboxylic acids is 1. The normalized spacial score (nSPS) is 11.9. The fourth-order valence-electron chi connectivity index (χ4n) is 2.85. The number of anilines is 1. The van der Waals surface area contributed by atoms with Gasteiger partial charge in [0.15, 0.2) is 17.1 Å². The van der Waals surface area contributed by atoms with Crippen molar-refractivity contribution in [3.05, 3.63) is 59.4 Å². The minimum Gasteiger partial charge on any atom is -0.481 e. The van der Waals surface area contributed by atoms with Gasteiger partial charge >= 0.3 is 0 Å². The monoisotopic (exact) mass is 462 g/mol. The molecule has 1 aromatic heterocycles. The predicted molar refractivity (Wildman–Crippen MR) is 124 cm³/mol. The number of ether oxygens (including phenoxy) is 1. The molecule has 0 saturated carbocycles. The number of para-hydroxylation sites is 2. The molecule has 0 saturated heterocycles. The van der Waals surface area contributed by atoms with Gasteiger partial charge in [0, 0.05) is 11.4 Å². The average Bonchev–Trinajstić information content (AvgIpc) is 3.17. The van der Waals surface area contributed by atoms with E-state index in [1.54, 1.807) is 17.8 Å². The highest BCUT2D eigenvalue weighted by Crippen LogP contribution is 2.30. The van der Waals surface area contributed by atoms with Crippen molar-refractivity contribution in [2.75, 3.05) is 17.3 Å². The summed E-state index contributed by atoms with van der Waals surface area (Å²) in [5, 5.41) is 12.7. The first-order valence-electron chi connectivity index (χ1n) is 9.43. The Hall–Kier alpha value is -2.16. The molecule has 0 aliphatic carbocycles. The molecule has 0 radical (unpaired) electrons. The summed E-state index contributed by atoms with van der Waals surface area (Å²) in [7, 11) is 0. The number of hydrogen-bond donors (Lipinski definition) is 1. The molecule has 1 atom stereocenters. The molecule has 2 aromatic carbocycles. The molecule has 0 aliphatic rings. The summed E-state index contributed by atoms with van der Waals surface area (Å²) in [6.07, 6.45) is 1.64. The van der Waals surface area contributed by atoms with Gasteiger partial charge in [-0.1, -0.05) is 47.6 Å². The molecular weight excluding hydrogens is 440 g/mol. The van der Waals surface area contributed by atoms with Crippen molar-refractivity contribution >= 4 is 46.7 Å². The number of nitrogens with one attached hydrogen (secondary N) is 1. The van der Waals surface area contributed by atoms with Crippen molar-refractivity contribution in [2.24, 2.45) is 0 Å². The van der Waals surface area contributed by atoms with Gasteiger partial charge in [0.1, 0.15) is 5.75 Å². The van der Waals surface area contributed by atoms with E-state index in [2.05, 4.69) is 15.5 Å². The van der Waals surface area contributed by atoms with E-state index < -0.39 is 0 Å². The first-order chi connectivity index (χ1) is 14.5. The third-order valence-electron chi connectivity index (χ3n) is 4.28. The second-order valence-corrected chi connectivity index (χ2v) is 8.51. The maximum atomic E-state index is 12.4. The molecule has 1 N–H and O–H groups in total. The van der Waals surface area contributed by atoms with Crippen LogP contribution in [0.2, 0.25) is 5.02 Å². The fraction of sp³-hybridized carbons (Fsp3) is 0.286. The molecule has 3 aromatic rings. The van der Waals surface area contributed by atoms with E-state index in [1.807, 2.05) is 67.1 Å². The van der Waals surface area contributed by atoms with Crippen LogP contribution in [0, 0.1) is 0 Å².